The summed E-state index contributed by atoms with van der Waals surface area (Å²) in [6, 6.07) is 0. The Morgan fingerprint density at radius 2 is 1.67 bits per heavy atom. The van der Waals surface area contributed by atoms with Gasteiger partial charge in [-0.2, -0.15) is 0 Å². The fraction of sp³-hybridized carbons (Fsp3) is 1.00. The Hall–Kier alpha value is 1.18. The first-order valence-corrected chi connectivity index (χ1v) is 5.86. The van der Waals surface area contributed by atoms with Crippen LogP contribution in [0.15, 0.2) is 0 Å². The van der Waals surface area contributed by atoms with E-state index in [0.717, 1.165) is 5.28 Å². The molecule has 0 bridgehead atoms. The van der Waals surface area contributed by atoms with Crippen LogP contribution in [-0.4, -0.2) is 20.7 Å². The fourth-order valence-electron chi connectivity index (χ4n) is 0. The van der Waals surface area contributed by atoms with E-state index < -0.39 is 12.3 Å². The molecule has 0 unspecified atom stereocenters. The molecule has 0 amide bonds. The first kappa shape index (κ1) is 10.2. The van der Waals surface area contributed by atoms with Crippen LogP contribution in [0.5, 0.6) is 0 Å². The second-order valence-corrected chi connectivity index (χ2v) is 6.23. The zero-order valence-corrected chi connectivity index (χ0v) is 5.71. The van der Waals surface area contributed by atoms with Crippen molar-refractivity contribution in [2.24, 2.45) is 0 Å². The summed E-state index contributed by atoms with van der Waals surface area (Å²) in [6.07, 6.45) is 0. The Morgan fingerprint density at radius 3 is 1.67 bits per heavy atom. The third-order valence-corrected chi connectivity index (χ3v) is 2.78. The van der Waals surface area contributed by atoms with Crippen LogP contribution >= 0.6 is 20.1 Å². The Labute approximate surface area is 53.2 Å². The van der Waals surface area contributed by atoms with Gasteiger partial charge in [0.25, 0.3) is 0 Å². The molecule has 0 aliphatic heterocycles. The molecule has 0 nitrogen and oxygen atoms in total. The van der Waals surface area contributed by atoms with E-state index in [0.29, 0.717) is 0 Å². The molecule has 0 aromatic carbocycles. The van der Waals surface area contributed by atoms with Gasteiger partial charge in [-0.25, -0.2) is 20.1 Å². The molecule has 0 fully saturated rings. The van der Waals surface area contributed by atoms with Crippen molar-refractivity contribution in [1.82, 2.24) is 0 Å². The molecule has 36 valence electrons. The summed E-state index contributed by atoms with van der Waals surface area (Å²) >= 11 is -1.21. The monoisotopic (exact) mass is 140 g/mol. The van der Waals surface area contributed by atoms with E-state index in [-0.39, 0.29) is 8.41 Å². The molecule has 0 aromatic heterocycles. The topological polar surface area (TPSA) is 0 Å². The average Bonchev–Trinajstić information content (AvgIpc) is 1.38. The summed E-state index contributed by atoms with van der Waals surface area (Å²) in [5.74, 6) is 0. The SMILES string of the molecule is B.C[CH2][Al]([Cl])[Cl]. The maximum Gasteiger partial charge on any atom is 0.519 e. The van der Waals surface area contributed by atoms with Crippen molar-refractivity contribution in [2.45, 2.75) is 12.2 Å². The van der Waals surface area contributed by atoms with Crippen molar-refractivity contribution in [3.63, 3.8) is 0 Å². The average molecular weight is 141 g/mol. The maximum absolute atomic E-state index is 5.37. The normalized spacial score (nSPS) is 6.50. The van der Waals surface area contributed by atoms with Gasteiger partial charge < -0.3 is 0 Å². The van der Waals surface area contributed by atoms with E-state index in [1.807, 2.05) is 6.92 Å². The largest absolute Gasteiger partial charge is 0.519 e. The van der Waals surface area contributed by atoms with E-state index in [9.17, 15) is 0 Å². The van der Waals surface area contributed by atoms with Crippen molar-refractivity contribution in [3.8, 4) is 0 Å². The van der Waals surface area contributed by atoms with Crippen LogP contribution in [0, 0.1) is 0 Å². The Morgan fingerprint density at radius 1 is 1.50 bits per heavy atom. The molecule has 0 aliphatic rings. The molecular formula is C2H8AlBCl2. The second kappa shape index (κ2) is 6.18. The molecule has 0 saturated heterocycles. The minimum atomic E-state index is -1.21. The lowest BCUT2D eigenvalue weighted by atomic mass is 10.8. The van der Waals surface area contributed by atoms with E-state index in [1.54, 1.807) is 0 Å². The summed E-state index contributed by atoms with van der Waals surface area (Å²) in [5, 5.41) is 0.975. The molecule has 0 rings (SSSR count). The Balaban J connectivity index is 0. The number of hydrogen-bond acceptors (Lipinski definition) is 0. The summed E-state index contributed by atoms with van der Waals surface area (Å²) in [4.78, 5) is 0. The maximum atomic E-state index is 5.37. The molecule has 0 aromatic rings. The third kappa shape index (κ3) is 8.95. The van der Waals surface area contributed by atoms with Gasteiger partial charge in [0.1, 0.15) is 0 Å². The van der Waals surface area contributed by atoms with E-state index >= 15 is 0 Å². The zero-order valence-electron chi connectivity index (χ0n) is 3.04. The van der Waals surface area contributed by atoms with Crippen LogP contribution in [0.25, 0.3) is 0 Å². The molecule has 0 radical (unpaired) electrons. The standard InChI is InChI=1S/C2H5.Al.BH3.2ClH/c1-2;;;;/h1H2,2H3;;1H3;2*1H/q;+2;;;/p-2. The van der Waals surface area contributed by atoms with Crippen molar-refractivity contribution in [2.75, 3.05) is 0 Å². The summed E-state index contributed by atoms with van der Waals surface area (Å²) in [5.41, 5.74) is 0. The second-order valence-electron chi connectivity index (χ2n) is 0.799. The van der Waals surface area contributed by atoms with E-state index in [1.165, 1.54) is 0 Å². The molecule has 4 heteroatoms. The highest BCUT2D eigenvalue weighted by molar-refractivity contribution is 7.33. The van der Waals surface area contributed by atoms with Gasteiger partial charge in [-0.05, 0) is 0 Å². The van der Waals surface area contributed by atoms with Gasteiger partial charge in [-0.3, -0.25) is 0 Å². The predicted molar refractivity (Wildman–Crippen MR) is 37.9 cm³/mol. The van der Waals surface area contributed by atoms with Crippen molar-refractivity contribution >= 4 is 40.8 Å². The lowest BCUT2D eigenvalue weighted by Crippen LogP contribution is -1.83. The molecular weight excluding hydrogens is 133 g/mol. The van der Waals surface area contributed by atoms with Gasteiger partial charge in [0, 0.05) is 0 Å². The Bertz CT molecular complexity index is 25.5. The predicted octanol–water partition coefficient (Wildman–Crippen LogP) is 0.788. The lowest BCUT2D eigenvalue weighted by molar-refractivity contribution is 1.47. The van der Waals surface area contributed by atoms with Gasteiger partial charge in [-0.1, -0.05) is 12.2 Å². The van der Waals surface area contributed by atoms with Gasteiger partial charge in [0.15, 0.2) is 0 Å². The van der Waals surface area contributed by atoms with E-state index in [4.69, 9.17) is 20.1 Å². The van der Waals surface area contributed by atoms with Gasteiger partial charge in [0.2, 0.25) is 0 Å². The van der Waals surface area contributed by atoms with Gasteiger partial charge >= 0.3 is 12.3 Å². The molecule has 0 aliphatic carbocycles. The fourth-order valence-corrected chi connectivity index (χ4v) is 0. The number of hydrogen-bond donors (Lipinski definition) is 0. The van der Waals surface area contributed by atoms with Crippen LogP contribution in [0.3, 0.4) is 0 Å². The van der Waals surface area contributed by atoms with Crippen LogP contribution < -0.4 is 0 Å². The Kier molecular flexibility index (Phi) is 10.5. The summed E-state index contributed by atoms with van der Waals surface area (Å²) in [6.45, 7) is 2.00. The first-order chi connectivity index (χ1) is 2.27. The van der Waals surface area contributed by atoms with Crippen LogP contribution in [0.2, 0.25) is 5.28 Å². The van der Waals surface area contributed by atoms with Gasteiger partial charge in [0.05, 0.1) is 8.41 Å². The molecule has 0 saturated carbocycles. The zero-order chi connectivity index (χ0) is 4.28. The highest BCUT2D eigenvalue weighted by Crippen LogP contribution is 1.98. The smallest absolute Gasteiger partial charge is 0.234 e. The molecule has 0 N–H and O–H groups in total. The number of rotatable bonds is 1. The quantitative estimate of drug-likeness (QED) is 0.473. The highest BCUT2D eigenvalue weighted by Gasteiger charge is 2.02. The van der Waals surface area contributed by atoms with E-state index in [2.05, 4.69) is 0 Å². The van der Waals surface area contributed by atoms with Crippen molar-refractivity contribution < 1.29 is 0 Å². The van der Waals surface area contributed by atoms with Crippen LogP contribution in [-0.2, 0) is 0 Å². The highest BCUT2D eigenvalue weighted by atomic mass is 35.7. The number of halogens is 2. The van der Waals surface area contributed by atoms with Crippen molar-refractivity contribution in [1.29, 1.82) is 0 Å². The van der Waals surface area contributed by atoms with Crippen LogP contribution in [0.1, 0.15) is 6.92 Å². The minimum Gasteiger partial charge on any atom is -0.234 e. The third-order valence-electron chi connectivity index (χ3n) is 0.309. The molecule has 0 heterocycles. The molecule has 6 heavy (non-hydrogen) atoms. The summed E-state index contributed by atoms with van der Waals surface area (Å²) < 4.78 is 0. The van der Waals surface area contributed by atoms with Crippen LogP contribution in [0.4, 0.5) is 0 Å². The van der Waals surface area contributed by atoms with Gasteiger partial charge in [-0.15, -0.1) is 0 Å². The molecule has 0 atom stereocenters. The first-order valence-electron chi connectivity index (χ1n) is 1.55. The summed E-state index contributed by atoms with van der Waals surface area (Å²) in [7, 11) is 10.7. The lowest BCUT2D eigenvalue weighted by Gasteiger charge is -1.74. The van der Waals surface area contributed by atoms with Crippen molar-refractivity contribution in [3.05, 3.63) is 0 Å². The molecule has 0 spiro atoms. The minimum absolute atomic E-state index is 0.